The number of carbonyl (C=O) groups excluding carboxylic acids is 4. The summed E-state index contributed by atoms with van der Waals surface area (Å²) in [5, 5.41) is 14.7. The van der Waals surface area contributed by atoms with E-state index in [0.717, 1.165) is 0 Å². The Kier molecular flexibility index (Phi) is 9.98. The van der Waals surface area contributed by atoms with Crippen LogP contribution in [0, 0.1) is 11.8 Å². The van der Waals surface area contributed by atoms with E-state index in [-0.39, 0.29) is 31.5 Å². The van der Waals surface area contributed by atoms with Gasteiger partial charge in [-0.15, -0.1) is 0 Å². The maximum absolute atomic E-state index is 13.4. The number of hydrogen-bond acceptors (Lipinski definition) is 5. The Morgan fingerprint density at radius 1 is 1.03 bits per heavy atom. The average molecular weight is 522 g/mol. The number of nitrogens with zero attached hydrogens (tertiary/aromatic N) is 3. The molecule has 5 amide bonds. The van der Waals surface area contributed by atoms with E-state index in [2.05, 4.69) is 10.6 Å². The van der Waals surface area contributed by atoms with Crippen molar-refractivity contribution < 1.29 is 37.5 Å². The third-order valence-corrected chi connectivity index (χ3v) is 6.69. The number of aliphatic hydroxyl groups is 1. The van der Waals surface area contributed by atoms with Crippen LogP contribution in [0.1, 0.15) is 47.5 Å². The van der Waals surface area contributed by atoms with Gasteiger partial charge in [-0.25, -0.2) is 4.79 Å². The summed E-state index contributed by atoms with van der Waals surface area (Å²) in [5.74, 6) is -2.87. The SMILES string of the molecule is CCN1CCN(CC(=O)N[C@H](C(=O)N2CCC[C@H]2C(=O)N[C@@H](C(C)C)[C@H](O)C(F)(F)F)C(C)C)C1=O. The normalized spacial score (nSPS) is 21.2. The molecule has 0 aromatic heterocycles. The van der Waals surface area contributed by atoms with E-state index in [1.807, 2.05) is 6.92 Å². The zero-order chi connectivity index (χ0) is 27.4. The molecule has 2 aliphatic rings. The molecule has 36 heavy (non-hydrogen) atoms. The van der Waals surface area contributed by atoms with Crippen LogP contribution in [0.15, 0.2) is 0 Å². The largest absolute Gasteiger partial charge is 0.416 e. The Hall–Kier alpha value is -2.57. The van der Waals surface area contributed by atoms with E-state index in [1.165, 1.54) is 23.6 Å². The van der Waals surface area contributed by atoms with Crippen LogP contribution >= 0.6 is 0 Å². The lowest BCUT2D eigenvalue weighted by Crippen LogP contribution is -2.59. The number of hydrogen-bond donors (Lipinski definition) is 3. The molecule has 0 unspecified atom stereocenters. The van der Waals surface area contributed by atoms with E-state index in [9.17, 15) is 37.5 Å². The zero-order valence-electron chi connectivity index (χ0n) is 21.5. The van der Waals surface area contributed by atoms with E-state index >= 15 is 0 Å². The van der Waals surface area contributed by atoms with Crippen molar-refractivity contribution >= 4 is 23.8 Å². The summed E-state index contributed by atoms with van der Waals surface area (Å²) < 4.78 is 39.3. The van der Waals surface area contributed by atoms with Crippen molar-refractivity contribution in [3.05, 3.63) is 0 Å². The molecule has 13 heteroatoms. The van der Waals surface area contributed by atoms with Crippen molar-refractivity contribution in [2.75, 3.05) is 32.7 Å². The van der Waals surface area contributed by atoms with Crippen LogP contribution in [-0.4, -0.2) is 107 Å². The molecule has 2 rings (SSSR count). The lowest BCUT2D eigenvalue weighted by Gasteiger charge is -2.33. The Morgan fingerprint density at radius 2 is 1.64 bits per heavy atom. The van der Waals surface area contributed by atoms with Crippen molar-refractivity contribution in [3.8, 4) is 0 Å². The molecule has 4 atom stereocenters. The van der Waals surface area contributed by atoms with Crippen molar-refractivity contribution in [3.63, 3.8) is 0 Å². The second kappa shape index (κ2) is 12.1. The molecule has 3 N–H and O–H groups in total. The molecule has 0 aromatic rings. The van der Waals surface area contributed by atoms with Crippen molar-refractivity contribution in [1.82, 2.24) is 25.3 Å². The van der Waals surface area contributed by atoms with Crippen molar-refractivity contribution in [2.45, 2.75) is 77.9 Å². The van der Waals surface area contributed by atoms with Crippen LogP contribution in [0.4, 0.5) is 18.0 Å². The zero-order valence-corrected chi connectivity index (χ0v) is 21.5. The molecule has 0 radical (unpaired) electrons. The molecule has 0 saturated carbocycles. The van der Waals surface area contributed by atoms with Crippen molar-refractivity contribution in [1.29, 1.82) is 0 Å². The minimum atomic E-state index is -4.91. The molecule has 0 aliphatic carbocycles. The first-order chi connectivity index (χ1) is 16.7. The van der Waals surface area contributed by atoms with Crippen LogP contribution in [0.5, 0.6) is 0 Å². The predicted octanol–water partition coefficient (Wildman–Crippen LogP) is 0.940. The van der Waals surface area contributed by atoms with Crippen LogP contribution in [0.3, 0.4) is 0 Å². The number of aliphatic hydroxyl groups excluding tert-OH is 1. The van der Waals surface area contributed by atoms with Gasteiger partial charge in [0, 0.05) is 26.2 Å². The Balaban J connectivity index is 2.08. The topological polar surface area (TPSA) is 122 Å². The van der Waals surface area contributed by atoms with Gasteiger partial charge in [0.25, 0.3) is 0 Å². The Bertz CT molecular complexity index is 822. The lowest BCUT2D eigenvalue weighted by atomic mass is 9.97. The predicted molar refractivity (Wildman–Crippen MR) is 125 cm³/mol. The van der Waals surface area contributed by atoms with Gasteiger partial charge in [0.1, 0.15) is 18.6 Å². The number of likely N-dealkylation sites (tertiary alicyclic amines) is 1. The fourth-order valence-corrected chi connectivity index (χ4v) is 4.53. The first kappa shape index (κ1) is 29.7. The maximum atomic E-state index is 13.4. The number of rotatable bonds is 10. The average Bonchev–Trinajstić information content (AvgIpc) is 3.41. The molecule has 0 spiro atoms. The molecule has 0 aromatic carbocycles. The van der Waals surface area contributed by atoms with Gasteiger partial charge >= 0.3 is 12.2 Å². The summed E-state index contributed by atoms with van der Waals surface area (Å²) in [6.45, 7) is 9.63. The highest BCUT2D eigenvalue weighted by atomic mass is 19.4. The fraction of sp³-hybridized carbons (Fsp3) is 0.826. The van der Waals surface area contributed by atoms with Crippen LogP contribution < -0.4 is 10.6 Å². The number of alkyl halides is 3. The van der Waals surface area contributed by atoms with E-state index in [0.29, 0.717) is 26.1 Å². The van der Waals surface area contributed by atoms with Gasteiger partial charge in [-0.2, -0.15) is 13.2 Å². The summed E-state index contributed by atoms with van der Waals surface area (Å²) in [5.41, 5.74) is 0. The van der Waals surface area contributed by atoms with Crippen molar-refractivity contribution in [2.24, 2.45) is 11.8 Å². The molecule has 2 fully saturated rings. The first-order valence-corrected chi connectivity index (χ1v) is 12.4. The van der Waals surface area contributed by atoms with Crippen LogP contribution in [0.25, 0.3) is 0 Å². The van der Waals surface area contributed by atoms with Gasteiger partial charge in [-0.3, -0.25) is 14.4 Å². The quantitative estimate of drug-likeness (QED) is 0.395. The second-order valence-electron chi connectivity index (χ2n) is 10.0. The van der Waals surface area contributed by atoms with Crippen LogP contribution in [-0.2, 0) is 14.4 Å². The van der Waals surface area contributed by atoms with Gasteiger partial charge in [0.2, 0.25) is 17.7 Å². The van der Waals surface area contributed by atoms with E-state index in [1.54, 1.807) is 18.7 Å². The molecular weight excluding hydrogens is 483 g/mol. The minimum absolute atomic E-state index is 0.207. The van der Waals surface area contributed by atoms with E-state index < -0.39 is 54.0 Å². The second-order valence-corrected chi connectivity index (χ2v) is 10.0. The van der Waals surface area contributed by atoms with Gasteiger partial charge in [-0.1, -0.05) is 27.7 Å². The van der Waals surface area contributed by atoms with Gasteiger partial charge in [0.05, 0.1) is 6.04 Å². The summed E-state index contributed by atoms with van der Waals surface area (Å²) in [4.78, 5) is 55.5. The van der Waals surface area contributed by atoms with Gasteiger partial charge < -0.3 is 30.4 Å². The number of urea groups is 1. The molecule has 206 valence electrons. The molecular formula is C23H38F3N5O5. The van der Waals surface area contributed by atoms with E-state index in [4.69, 9.17) is 0 Å². The standard InChI is InChI=1S/C23H38F3N5O5/c1-6-29-10-11-30(22(29)36)12-16(32)27-18(14(4)5)21(35)31-9-7-8-15(31)20(34)28-17(13(2)3)19(33)23(24,25)26/h13-15,17-19,33H,6-12H2,1-5H3,(H,27,32)(H,28,34)/t15-,17-,18-,19-/m0/s1. The maximum Gasteiger partial charge on any atom is 0.416 e. The molecule has 2 aliphatic heterocycles. The smallest absolute Gasteiger partial charge is 0.382 e. The molecule has 2 saturated heterocycles. The minimum Gasteiger partial charge on any atom is -0.382 e. The summed E-state index contributed by atoms with van der Waals surface area (Å²) in [6, 6.07) is -3.82. The molecule has 0 bridgehead atoms. The Morgan fingerprint density at radius 3 is 2.14 bits per heavy atom. The lowest BCUT2D eigenvalue weighted by molar-refractivity contribution is -0.215. The highest BCUT2D eigenvalue weighted by Gasteiger charge is 2.47. The number of likely N-dealkylation sites (N-methyl/N-ethyl adjacent to an activating group) is 1. The third-order valence-electron chi connectivity index (χ3n) is 6.69. The number of carbonyl (C=O) groups is 4. The number of halogens is 3. The summed E-state index contributed by atoms with van der Waals surface area (Å²) in [6.07, 6.45) is -6.94. The summed E-state index contributed by atoms with van der Waals surface area (Å²) in [7, 11) is 0. The third kappa shape index (κ3) is 7.01. The fourth-order valence-electron chi connectivity index (χ4n) is 4.53. The summed E-state index contributed by atoms with van der Waals surface area (Å²) >= 11 is 0. The van der Waals surface area contributed by atoms with Crippen LogP contribution in [0.2, 0.25) is 0 Å². The number of nitrogens with one attached hydrogen (secondary N) is 2. The highest BCUT2D eigenvalue weighted by Crippen LogP contribution is 2.27. The van der Waals surface area contributed by atoms with Gasteiger partial charge in [-0.05, 0) is 31.6 Å². The molecule has 10 nitrogen and oxygen atoms in total. The van der Waals surface area contributed by atoms with Gasteiger partial charge in [0.15, 0.2) is 6.10 Å². The number of amides is 5. The first-order valence-electron chi connectivity index (χ1n) is 12.4. The Labute approximate surface area is 209 Å². The molecule has 2 heterocycles. The monoisotopic (exact) mass is 521 g/mol. The highest BCUT2D eigenvalue weighted by molar-refractivity contribution is 5.93.